The second-order valence-electron chi connectivity index (χ2n) is 7.49. The Bertz CT molecular complexity index is 1050. The Hall–Kier alpha value is -3.41. The fourth-order valence-corrected chi connectivity index (χ4v) is 3.88. The van der Waals surface area contributed by atoms with Crippen LogP contribution in [0.3, 0.4) is 0 Å². The molecule has 1 saturated heterocycles. The van der Waals surface area contributed by atoms with Gasteiger partial charge in [0, 0.05) is 24.9 Å². The number of carbonyl (C=O) groups excluding carboxylic acids is 2. The van der Waals surface area contributed by atoms with Crippen molar-refractivity contribution in [2.75, 3.05) is 20.2 Å². The minimum absolute atomic E-state index is 0.0440. The molecule has 0 aliphatic carbocycles. The topological polar surface area (TPSA) is 71.5 Å². The van der Waals surface area contributed by atoms with Crippen LogP contribution in [0.2, 0.25) is 0 Å². The molecule has 1 aliphatic rings. The first-order valence-electron chi connectivity index (χ1n) is 10.2. The van der Waals surface area contributed by atoms with Gasteiger partial charge in [0.1, 0.15) is 11.7 Å². The molecular formula is C24H25N3O3. The van der Waals surface area contributed by atoms with E-state index in [0.717, 1.165) is 42.3 Å². The van der Waals surface area contributed by atoms with Gasteiger partial charge in [-0.05, 0) is 35.9 Å². The van der Waals surface area contributed by atoms with Crippen molar-refractivity contribution in [3.8, 4) is 5.88 Å². The van der Waals surface area contributed by atoms with Crippen molar-refractivity contribution in [3.05, 3.63) is 71.9 Å². The van der Waals surface area contributed by atoms with Gasteiger partial charge in [-0.15, -0.1) is 0 Å². The highest BCUT2D eigenvalue weighted by molar-refractivity contribution is 6.00. The lowest BCUT2D eigenvalue weighted by molar-refractivity contribution is -0.132. The lowest BCUT2D eigenvalue weighted by Gasteiger charge is -2.24. The summed E-state index contributed by atoms with van der Waals surface area (Å²) in [6, 6.07) is 18.4. The number of hydrogen-bond acceptors (Lipinski definition) is 4. The zero-order chi connectivity index (χ0) is 20.9. The Morgan fingerprint density at radius 2 is 1.77 bits per heavy atom. The van der Waals surface area contributed by atoms with Gasteiger partial charge in [0.05, 0.1) is 7.11 Å². The van der Waals surface area contributed by atoms with Crippen molar-refractivity contribution >= 4 is 22.6 Å². The molecule has 30 heavy (non-hydrogen) atoms. The Kier molecular flexibility index (Phi) is 5.93. The molecule has 2 amide bonds. The van der Waals surface area contributed by atoms with E-state index in [1.165, 1.54) is 7.11 Å². The minimum atomic E-state index is -0.641. The number of rotatable bonds is 6. The van der Waals surface area contributed by atoms with Gasteiger partial charge < -0.3 is 15.0 Å². The van der Waals surface area contributed by atoms with Crippen LogP contribution in [-0.2, 0) is 11.2 Å². The number of amides is 2. The summed E-state index contributed by atoms with van der Waals surface area (Å²) >= 11 is 0. The molecule has 0 bridgehead atoms. The lowest BCUT2D eigenvalue weighted by atomic mass is 10.0. The maximum atomic E-state index is 13.1. The molecule has 2 heterocycles. The molecule has 0 radical (unpaired) electrons. The number of fused-ring (bicyclic) bond motifs is 1. The number of likely N-dealkylation sites (tertiary alicyclic amines) is 1. The van der Waals surface area contributed by atoms with Gasteiger partial charge in [-0.2, -0.15) is 0 Å². The van der Waals surface area contributed by atoms with E-state index < -0.39 is 6.04 Å². The number of nitrogens with one attached hydrogen (secondary N) is 1. The summed E-state index contributed by atoms with van der Waals surface area (Å²) in [6.07, 6.45) is 2.44. The van der Waals surface area contributed by atoms with Gasteiger partial charge >= 0.3 is 0 Å². The molecule has 1 fully saturated rings. The summed E-state index contributed by atoms with van der Waals surface area (Å²) in [7, 11) is 1.53. The molecule has 1 atom stereocenters. The van der Waals surface area contributed by atoms with Crippen molar-refractivity contribution < 1.29 is 14.3 Å². The highest BCUT2D eigenvalue weighted by Gasteiger charge is 2.29. The zero-order valence-corrected chi connectivity index (χ0v) is 17.0. The van der Waals surface area contributed by atoms with Crippen LogP contribution in [0, 0.1) is 0 Å². The normalized spacial score (nSPS) is 14.5. The van der Waals surface area contributed by atoms with Gasteiger partial charge in [0.15, 0.2) is 0 Å². The van der Waals surface area contributed by atoms with Gasteiger partial charge in [-0.3, -0.25) is 9.59 Å². The first kappa shape index (κ1) is 19.9. The monoisotopic (exact) mass is 403 g/mol. The maximum Gasteiger partial charge on any atom is 0.270 e. The molecule has 154 valence electrons. The average molecular weight is 403 g/mol. The van der Waals surface area contributed by atoms with Crippen LogP contribution in [0.25, 0.3) is 10.8 Å². The van der Waals surface area contributed by atoms with E-state index in [1.54, 1.807) is 6.07 Å². The largest absolute Gasteiger partial charge is 0.481 e. The summed E-state index contributed by atoms with van der Waals surface area (Å²) in [4.78, 5) is 32.4. The van der Waals surface area contributed by atoms with Crippen molar-refractivity contribution in [1.29, 1.82) is 0 Å². The van der Waals surface area contributed by atoms with Crippen LogP contribution in [0.1, 0.15) is 28.9 Å². The molecule has 1 unspecified atom stereocenters. The highest BCUT2D eigenvalue weighted by Crippen LogP contribution is 2.24. The van der Waals surface area contributed by atoms with Crippen molar-refractivity contribution in [3.63, 3.8) is 0 Å². The molecule has 6 nitrogen and oxygen atoms in total. The van der Waals surface area contributed by atoms with E-state index in [1.807, 2.05) is 59.5 Å². The number of aromatic nitrogens is 1. The summed E-state index contributed by atoms with van der Waals surface area (Å²) in [6.45, 7) is 1.48. The van der Waals surface area contributed by atoms with Gasteiger partial charge in [-0.1, -0.05) is 48.5 Å². The second-order valence-corrected chi connectivity index (χ2v) is 7.49. The molecule has 1 N–H and O–H groups in total. The van der Waals surface area contributed by atoms with Gasteiger partial charge in [0.2, 0.25) is 11.8 Å². The maximum absolute atomic E-state index is 13.1. The van der Waals surface area contributed by atoms with E-state index in [-0.39, 0.29) is 17.5 Å². The zero-order valence-electron chi connectivity index (χ0n) is 17.0. The van der Waals surface area contributed by atoms with Crippen molar-refractivity contribution in [1.82, 2.24) is 15.2 Å². The van der Waals surface area contributed by atoms with E-state index in [2.05, 4.69) is 10.3 Å². The van der Waals surface area contributed by atoms with Crippen molar-refractivity contribution in [2.45, 2.75) is 25.3 Å². The number of benzene rings is 2. The van der Waals surface area contributed by atoms with Crippen LogP contribution in [0.4, 0.5) is 0 Å². The number of carbonyl (C=O) groups is 2. The smallest absolute Gasteiger partial charge is 0.270 e. The molecule has 1 aromatic heterocycles. The molecule has 6 heteroatoms. The Morgan fingerprint density at radius 1 is 1.07 bits per heavy atom. The minimum Gasteiger partial charge on any atom is -0.481 e. The summed E-state index contributed by atoms with van der Waals surface area (Å²) in [5.41, 5.74) is 1.23. The van der Waals surface area contributed by atoms with Crippen LogP contribution < -0.4 is 10.1 Å². The SMILES string of the molecule is COc1nc(C(=O)NC(Cc2ccccc2)C(=O)N2CCCC2)cc2ccccc12. The fourth-order valence-electron chi connectivity index (χ4n) is 3.88. The third-order valence-electron chi connectivity index (χ3n) is 5.44. The summed E-state index contributed by atoms with van der Waals surface area (Å²) in [5.74, 6) is -0.0336. The summed E-state index contributed by atoms with van der Waals surface area (Å²) in [5, 5.41) is 4.63. The predicted octanol–water partition coefficient (Wildman–Crippen LogP) is 3.21. The first-order valence-corrected chi connectivity index (χ1v) is 10.2. The Labute approximate surface area is 175 Å². The second kappa shape index (κ2) is 8.95. The summed E-state index contributed by atoms with van der Waals surface area (Å²) < 4.78 is 5.38. The van der Waals surface area contributed by atoms with E-state index in [4.69, 9.17) is 4.74 Å². The quantitative estimate of drug-likeness (QED) is 0.686. The van der Waals surface area contributed by atoms with Crippen LogP contribution >= 0.6 is 0 Å². The molecule has 4 rings (SSSR count). The molecule has 3 aromatic rings. The molecular weight excluding hydrogens is 378 g/mol. The van der Waals surface area contributed by atoms with Crippen LogP contribution in [-0.4, -0.2) is 47.9 Å². The molecule has 1 aliphatic heterocycles. The van der Waals surface area contributed by atoms with Crippen LogP contribution in [0.15, 0.2) is 60.7 Å². The molecule has 0 saturated carbocycles. The number of ether oxygens (including phenoxy) is 1. The predicted molar refractivity (Wildman–Crippen MR) is 116 cm³/mol. The highest BCUT2D eigenvalue weighted by atomic mass is 16.5. The van der Waals surface area contributed by atoms with E-state index in [9.17, 15) is 9.59 Å². The Morgan fingerprint density at radius 3 is 2.50 bits per heavy atom. The van der Waals surface area contributed by atoms with Gasteiger partial charge in [0.25, 0.3) is 5.91 Å². The number of hydrogen-bond donors (Lipinski definition) is 1. The van der Waals surface area contributed by atoms with Gasteiger partial charge in [-0.25, -0.2) is 4.98 Å². The number of methoxy groups -OCH3 is 1. The van der Waals surface area contributed by atoms with E-state index in [0.29, 0.717) is 12.3 Å². The molecule has 2 aromatic carbocycles. The van der Waals surface area contributed by atoms with Crippen molar-refractivity contribution in [2.24, 2.45) is 0 Å². The third kappa shape index (κ3) is 4.27. The standard InChI is InChI=1S/C24H25N3O3/c1-30-23-19-12-6-5-11-18(19)16-20(26-23)22(28)25-21(15-17-9-3-2-4-10-17)24(29)27-13-7-8-14-27/h2-6,9-12,16,21H,7-8,13-15H2,1H3,(H,25,28). The average Bonchev–Trinajstić information content (AvgIpc) is 3.33. The first-order chi connectivity index (χ1) is 14.7. The number of nitrogens with zero attached hydrogens (tertiary/aromatic N) is 2. The lowest BCUT2D eigenvalue weighted by Crippen LogP contribution is -2.49. The molecule has 0 spiro atoms. The fraction of sp³-hybridized carbons (Fsp3) is 0.292. The third-order valence-corrected chi connectivity index (χ3v) is 5.44. The Balaban J connectivity index is 1.61. The number of pyridine rings is 1. The van der Waals surface area contributed by atoms with Crippen LogP contribution in [0.5, 0.6) is 5.88 Å². The van der Waals surface area contributed by atoms with E-state index >= 15 is 0 Å².